The van der Waals surface area contributed by atoms with E-state index in [0.717, 1.165) is 11.4 Å². The summed E-state index contributed by atoms with van der Waals surface area (Å²) >= 11 is 5.76. The van der Waals surface area contributed by atoms with Gasteiger partial charge in [-0.05, 0) is 31.2 Å². The summed E-state index contributed by atoms with van der Waals surface area (Å²) in [5.41, 5.74) is 2.54. The standard InChI is InChI=1S/C13H14ClFN2O/c1-9-5-12(17(2)16-9)8-18-13-4-3-11(15)6-10(13)7-14/h3-6H,7-8H2,1-2H3. The van der Waals surface area contributed by atoms with Crippen molar-refractivity contribution in [3.8, 4) is 5.75 Å². The van der Waals surface area contributed by atoms with Crippen LogP contribution in [0.25, 0.3) is 0 Å². The Morgan fingerprint density at radius 2 is 2.17 bits per heavy atom. The fourth-order valence-corrected chi connectivity index (χ4v) is 1.95. The zero-order valence-electron chi connectivity index (χ0n) is 10.3. The number of benzene rings is 1. The third-order valence-electron chi connectivity index (χ3n) is 2.64. The number of nitrogens with zero attached hydrogens (tertiary/aromatic N) is 2. The van der Waals surface area contributed by atoms with Gasteiger partial charge < -0.3 is 4.74 Å². The molecule has 0 bridgehead atoms. The molecule has 0 unspecified atom stereocenters. The summed E-state index contributed by atoms with van der Waals surface area (Å²) in [5, 5.41) is 4.23. The first-order chi connectivity index (χ1) is 8.60. The molecule has 0 fully saturated rings. The zero-order chi connectivity index (χ0) is 13.1. The summed E-state index contributed by atoms with van der Waals surface area (Å²) in [6.07, 6.45) is 0. The molecule has 18 heavy (non-hydrogen) atoms. The van der Waals surface area contributed by atoms with Gasteiger partial charge in [0, 0.05) is 12.6 Å². The molecule has 1 aromatic heterocycles. The summed E-state index contributed by atoms with van der Waals surface area (Å²) in [6, 6.07) is 6.29. The van der Waals surface area contributed by atoms with E-state index in [-0.39, 0.29) is 11.7 Å². The molecule has 0 amide bonds. The van der Waals surface area contributed by atoms with E-state index in [4.69, 9.17) is 16.3 Å². The molecule has 0 aliphatic heterocycles. The molecule has 0 saturated carbocycles. The molecule has 1 heterocycles. The largest absolute Gasteiger partial charge is 0.487 e. The van der Waals surface area contributed by atoms with Crippen LogP contribution in [0.15, 0.2) is 24.3 Å². The molecule has 0 N–H and O–H groups in total. The van der Waals surface area contributed by atoms with E-state index >= 15 is 0 Å². The minimum absolute atomic E-state index is 0.220. The second kappa shape index (κ2) is 5.40. The molecule has 0 aliphatic carbocycles. The van der Waals surface area contributed by atoms with Gasteiger partial charge in [0.25, 0.3) is 0 Å². The highest BCUT2D eigenvalue weighted by Gasteiger charge is 2.07. The lowest BCUT2D eigenvalue weighted by Crippen LogP contribution is -2.04. The third kappa shape index (κ3) is 2.82. The first-order valence-corrected chi connectivity index (χ1v) is 6.10. The van der Waals surface area contributed by atoms with Gasteiger partial charge in [-0.3, -0.25) is 4.68 Å². The zero-order valence-corrected chi connectivity index (χ0v) is 11.0. The smallest absolute Gasteiger partial charge is 0.130 e. The van der Waals surface area contributed by atoms with E-state index in [1.807, 2.05) is 20.0 Å². The van der Waals surface area contributed by atoms with Gasteiger partial charge in [-0.15, -0.1) is 11.6 Å². The average Bonchev–Trinajstić information content (AvgIpc) is 2.66. The highest BCUT2D eigenvalue weighted by Crippen LogP contribution is 2.22. The molecule has 0 saturated heterocycles. The van der Waals surface area contributed by atoms with Gasteiger partial charge in [0.15, 0.2) is 0 Å². The van der Waals surface area contributed by atoms with Crippen molar-refractivity contribution < 1.29 is 9.13 Å². The highest BCUT2D eigenvalue weighted by molar-refractivity contribution is 6.17. The minimum atomic E-state index is -0.311. The lowest BCUT2D eigenvalue weighted by atomic mass is 10.2. The monoisotopic (exact) mass is 268 g/mol. The van der Waals surface area contributed by atoms with Crippen LogP contribution in [0.2, 0.25) is 0 Å². The summed E-state index contributed by atoms with van der Waals surface area (Å²) in [5.74, 6) is 0.511. The van der Waals surface area contributed by atoms with Gasteiger partial charge in [-0.2, -0.15) is 5.10 Å². The molecule has 1 aromatic carbocycles. The second-order valence-electron chi connectivity index (χ2n) is 4.08. The molecule has 5 heteroatoms. The van der Waals surface area contributed by atoms with E-state index < -0.39 is 0 Å². The maximum Gasteiger partial charge on any atom is 0.130 e. The number of alkyl halides is 1. The van der Waals surface area contributed by atoms with Crippen molar-refractivity contribution in [2.75, 3.05) is 0 Å². The van der Waals surface area contributed by atoms with Crippen molar-refractivity contribution in [3.63, 3.8) is 0 Å². The Morgan fingerprint density at radius 1 is 1.39 bits per heavy atom. The summed E-state index contributed by atoms with van der Waals surface area (Å²) in [4.78, 5) is 0. The normalized spacial score (nSPS) is 10.7. The number of hydrogen-bond donors (Lipinski definition) is 0. The van der Waals surface area contributed by atoms with Gasteiger partial charge in [-0.1, -0.05) is 0 Å². The van der Waals surface area contributed by atoms with Crippen molar-refractivity contribution in [2.45, 2.75) is 19.4 Å². The molecule has 0 aliphatic rings. The van der Waals surface area contributed by atoms with E-state index in [2.05, 4.69) is 5.10 Å². The molecule has 2 aromatic rings. The van der Waals surface area contributed by atoms with Crippen molar-refractivity contribution in [3.05, 3.63) is 47.0 Å². The van der Waals surface area contributed by atoms with Crippen molar-refractivity contribution in [1.29, 1.82) is 0 Å². The molecule has 0 spiro atoms. The minimum Gasteiger partial charge on any atom is -0.487 e. The Hall–Kier alpha value is -1.55. The third-order valence-corrected chi connectivity index (χ3v) is 2.93. The number of halogens is 2. The first-order valence-electron chi connectivity index (χ1n) is 5.57. The second-order valence-corrected chi connectivity index (χ2v) is 4.34. The van der Waals surface area contributed by atoms with Gasteiger partial charge >= 0.3 is 0 Å². The van der Waals surface area contributed by atoms with Crippen LogP contribution >= 0.6 is 11.6 Å². The highest BCUT2D eigenvalue weighted by atomic mass is 35.5. The van der Waals surface area contributed by atoms with Crippen molar-refractivity contribution >= 4 is 11.6 Å². The van der Waals surface area contributed by atoms with Crippen LogP contribution in [0.5, 0.6) is 5.75 Å². The van der Waals surface area contributed by atoms with Crippen molar-refractivity contribution in [1.82, 2.24) is 9.78 Å². The fraction of sp³-hybridized carbons (Fsp3) is 0.308. The van der Waals surface area contributed by atoms with Crippen LogP contribution in [0, 0.1) is 12.7 Å². The molecule has 0 atom stereocenters. The van der Waals surface area contributed by atoms with Crippen LogP contribution in [0.4, 0.5) is 4.39 Å². The summed E-state index contributed by atoms with van der Waals surface area (Å²) in [6.45, 7) is 2.30. The number of rotatable bonds is 4. The van der Waals surface area contributed by atoms with Crippen LogP contribution in [0.1, 0.15) is 17.0 Å². The molecule has 96 valence electrons. The van der Waals surface area contributed by atoms with Crippen LogP contribution in [-0.4, -0.2) is 9.78 Å². The number of aryl methyl sites for hydroxylation is 2. The predicted octanol–water partition coefficient (Wildman–Crippen LogP) is 3.19. The van der Waals surface area contributed by atoms with E-state index in [0.29, 0.717) is 17.9 Å². The van der Waals surface area contributed by atoms with Crippen LogP contribution in [-0.2, 0) is 19.5 Å². The lowest BCUT2D eigenvalue weighted by molar-refractivity contribution is 0.292. The van der Waals surface area contributed by atoms with Gasteiger partial charge in [-0.25, -0.2) is 4.39 Å². The lowest BCUT2D eigenvalue weighted by Gasteiger charge is -2.10. The Kier molecular flexibility index (Phi) is 3.87. The maximum absolute atomic E-state index is 13.0. The van der Waals surface area contributed by atoms with Crippen LogP contribution in [0.3, 0.4) is 0 Å². The van der Waals surface area contributed by atoms with Crippen molar-refractivity contribution in [2.24, 2.45) is 7.05 Å². The van der Waals surface area contributed by atoms with Gasteiger partial charge in [0.1, 0.15) is 18.2 Å². The Labute approximate surface area is 110 Å². The van der Waals surface area contributed by atoms with E-state index in [1.54, 1.807) is 10.7 Å². The summed E-state index contributed by atoms with van der Waals surface area (Å²) < 4.78 is 20.5. The fourth-order valence-electron chi connectivity index (χ4n) is 1.74. The van der Waals surface area contributed by atoms with E-state index in [9.17, 15) is 4.39 Å². The molecule has 0 radical (unpaired) electrons. The first kappa shape index (κ1) is 12.9. The number of hydrogen-bond acceptors (Lipinski definition) is 2. The number of aromatic nitrogens is 2. The topological polar surface area (TPSA) is 27.1 Å². The van der Waals surface area contributed by atoms with E-state index in [1.165, 1.54) is 12.1 Å². The molecular formula is C13H14ClFN2O. The predicted molar refractivity (Wildman–Crippen MR) is 68.2 cm³/mol. The molecule has 2 rings (SSSR count). The average molecular weight is 269 g/mol. The van der Waals surface area contributed by atoms with Gasteiger partial charge in [0.05, 0.1) is 17.3 Å². The van der Waals surface area contributed by atoms with Crippen LogP contribution < -0.4 is 4.74 Å². The Balaban J connectivity index is 2.13. The van der Waals surface area contributed by atoms with Gasteiger partial charge in [0.2, 0.25) is 0 Å². The Bertz CT molecular complexity index is 554. The quantitative estimate of drug-likeness (QED) is 0.797. The Morgan fingerprint density at radius 3 is 2.78 bits per heavy atom. The maximum atomic E-state index is 13.0. The number of ether oxygens (including phenoxy) is 1. The molecular weight excluding hydrogens is 255 g/mol. The SMILES string of the molecule is Cc1cc(COc2ccc(F)cc2CCl)n(C)n1. The summed E-state index contributed by atoms with van der Waals surface area (Å²) in [7, 11) is 1.86. The molecule has 3 nitrogen and oxygen atoms in total.